The third kappa shape index (κ3) is 6.75. The van der Waals surface area contributed by atoms with Crippen molar-refractivity contribution in [1.29, 1.82) is 5.26 Å². The maximum Gasteiger partial charge on any atom is 0.267 e. The van der Waals surface area contributed by atoms with Crippen molar-refractivity contribution in [3.8, 4) is 6.07 Å². The molecule has 0 saturated carbocycles. The average Bonchev–Trinajstić information content (AvgIpc) is 2.80. The van der Waals surface area contributed by atoms with Crippen LogP contribution in [0.25, 0.3) is 0 Å². The van der Waals surface area contributed by atoms with Gasteiger partial charge in [-0.25, -0.2) is 0 Å². The fraction of sp³-hybridized carbons (Fsp3) is 0.120. The number of carbonyl (C=O) groups excluding carboxylic acids is 1. The lowest BCUT2D eigenvalue weighted by molar-refractivity contribution is -0.112. The number of nitriles is 1. The Bertz CT molecular complexity index is 1060. The van der Waals surface area contributed by atoms with Crippen LogP contribution in [0.2, 0.25) is 0 Å². The number of para-hydroxylation sites is 1. The summed E-state index contributed by atoms with van der Waals surface area (Å²) < 4.78 is 0. The summed E-state index contributed by atoms with van der Waals surface area (Å²) in [7, 11) is 0. The van der Waals surface area contributed by atoms with Crippen LogP contribution in [0.4, 0.5) is 5.69 Å². The maximum absolute atomic E-state index is 12.8. The van der Waals surface area contributed by atoms with E-state index in [1.54, 1.807) is 4.90 Å². The van der Waals surface area contributed by atoms with Gasteiger partial charge in [0.2, 0.25) is 0 Å². The second kappa shape index (κ2) is 11.6. The van der Waals surface area contributed by atoms with Crippen molar-refractivity contribution in [2.75, 3.05) is 18.5 Å². The summed E-state index contributed by atoms with van der Waals surface area (Å²) in [6.45, 7) is 0.717. The fourth-order valence-electron chi connectivity index (χ4n) is 2.92. The van der Waals surface area contributed by atoms with Gasteiger partial charge in [-0.05, 0) is 29.8 Å². The standard InChI is InChI=1S/C25H23N3O2S/c26-17-21(19-28(15-16-29)18-20-9-3-1-4-10-20)25(30)27-23-13-7-8-14-24(23)31-22-11-5-2-6-12-22/h1-14,19,29H,15-16,18H2,(H,27,30)/b21-19-. The van der Waals surface area contributed by atoms with E-state index in [9.17, 15) is 15.2 Å². The molecule has 0 radical (unpaired) electrons. The molecule has 6 heteroatoms. The third-order valence-corrected chi connectivity index (χ3v) is 5.48. The SMILES string of the molecule is N#C/C(=C/N(CCO)Cc1ccccc1)C(=O)Nc1ccccc1Sc1ccccc1. The van der Waals surface area contributed by atoms with Crippen molar-refractivity contribution in [2.45, 2.75) is 16.3 Å². The smallest absolute Gasteiger partial charge is 0.267 e. The van der Waals surface area contributed by atoms with Crippen LogP contribution >= 0.6 is 11.8 Å². The minimum atomic E-state index is -0.486. The molecule has 5 nitrogen and oxygen atoms in total. The Kier molecular flexibility index (Phi) is 8.29. The molecule has 1 amide bonds. The van der Waals surface area contributed by atoms with Crippen LogP contribution < -0.4 is 5.32 Å². The van der Waals surface area contributed by atoms with Crippen molar-refractivity contribution in [1.82, 2.24) is 4.90 Å². The van der Waals surface area contributed by atoms with Crippen LogP contribution in [0.3, 0.4) is 0 Å². The van der Waals surface area contributed by atoms with E-state index >= 15 is 0 Å². The second-order valence-corrected chi connectivity index (χ2v) is 7.82. The van der Waals surface area contributed by atoms with E-state index in [0.29, 0.717) is 18.8 Å². The summed E-state index contributed by atoms with van der Waals surface area (Å²) in [5.41, 5.74) is 1.64. The summed E-state index contributed by atoms with van der Waals surface area (Å²) in [5, 5.41) is 21.8. The van der Waals surface area contributed by atoms with Gasteiger partial charge in [0.05, 0.1) is 12.3 Å². The minimum Gasteiger partial charge on any atom is -0.395 e. The number of benzene rings is 3. The van der Waals surface area contributed by atoms with Gasteiger partial charge < -0.3 is 15.3 Å². The Hall–Kier alpha value is -3.53. The highest BCUT2D eigenvalue weighted by Gasteiger charge is 2.14. The number of amides is 1. The van der Waals surface area contributed by atoms with E-state index in [2.05, 4.69) is 5.32 Å². The fourth-order valence-corrected chi connectivity index (χ4v) is 3.84. The molecule has 156 valence electrons. The van der Waals surface area contributed by atoms with Crippen LogP contribution in [0.5, 0.6) is 0 Å². The van der Waals surface area contributed by atoms with Gasteiger partial charge in [-0.3, -0.25) is 4.79 Å². The number of hydrogen-bond acceptors (Lipinski definition) is 5. The van der Waals surface area contributed by atoms with Gasteiger partial charge in [-0.1, -0.05) is 72.4 Å². The highest BCUT2D eigenvalue weighted by Crippen LogP contribution is 2.33. The highest BCUT2D eigenvalue weighted by molar-refractivity contribution is 7.99. The molecule has 0 aliphatic heterocycles. The van der Waals surface area contributed by atoms with Gasteiger partial charge in [0.1, 0.15) is 11.6 Å². The molecular weight excluding hydrogens is 406 g/mol. The molecule has 2 N–H and O–H groups in total. The molecular formula is C25H23N3O2S. The van der Waals surface area contributed by atoms with Crippen LogP contribution in [0, 0.1) is 11.3 Å². The number of anilines is 1. The van der Waals surface area contributed by atoms with E-state index in [4.69, 9.17) is 0 Å². The van der Waals surface area contributed by atoms with Crippen molar-refractivity contribution in [2.24, 2.45) is 0 Å². The Labute approximate surface area is 186 Å². The Morgan fingerprint density at radius 1 is 1.00 bits per heavy atom. The molecule has 0 saturated heterocycles. The number of rotatable bonds is 9. The Balaban J connectivity index is 1.76. The summed E-state index contributed by atoms with van der Waals surface area (Å²) in [4.78, 5) is 16.5. The van der Waals surface area contributed by atoms with Crippen LogP contribution in [0.1, 0.15) is 5.56 Å². The molecule has 31 heavy (non-hydrogen) atoms. The molecule has 0 heterocycles. The average molecular weight is 430 g/mol. The predicted molar refractivity (Wildman–Crippen MR) is 123 cm³/mol. The minimum absolute atomic E-state index is 0.0242. The largest absolute Gasteiger partial charge is 0.395 e. The number of nitrogens with zero attached hydrogens (tertiary/aromatic N) is 2. The molecule has 0 aliphatic carbocycles. The van der Waals surface area contributed by atoms with Crippen LogP contribution in [-0.4, -0.2) is 29.1 Å². The van der Waals surface area contributed by atoms with Crippen molar-refractivity contribution < 1.29 is 9.90 Å². The zero-order valence-electron chi connectivity index (χ0n) is 16.9. The molecule has 3 aromatic carbocycles. The highest BCUT2D eigenvalue weighted by atomic mass is 32.2. The first-order valence-electron chi connectivity index (χ1n) is 9.83. The van der Waals surface area contributed by atoms with Gasteiger partial charge in [0, 0.05) is 29.1 Å². The van der Waals surface area contributed by atoms with Gasteiger partial charge >= 0.3 is 0 Å². The molecule has 0 unspecified atom stereocenters. The second-order valence-electron chi connectivity index (χ2n) is 6.70. The van der Waals surface area contributed by atoms with E-state index in [-0.39, 0.29) is 12.2 Å². The molecule has 0 atom stereocenters. The van der Waals surface area contributed by atoms with E-state index in [0.717, 1.165) is 15.4 Å². The quantitative estimate of drug-likeness (QED) is 0.382. The lowest BCUT2D eigenvalue weighted by atomic mass is 10.2. The number of nitrogens with one attached hydrogen (secondary N) is 1. The molecule has 3 rings (SSSR count). The summed E-state index contributed by atoms with van der Waals surface area (Å²) in [5.74, 6) is -0.486. The van der Waals surface area contributed by atoms with E-state index in [1.807, 2.05) is 91.0 Å². The van der Waals surface area contributed by atoms with Crippen LogP contribution in [0.15, 0.2) is 106 Å². The van der Waals surface area contributed by atoms with E-state index in [1.165, 1.54) is 18.0 Å². The van der Waals surface area contributed by atoms with Crippen molar-refractivity contribution >= 4 is 23.4 Å². The van der Waals surface area contributed by atoms with Crippen LogP contribution in [-0.2, 0) is 11.3 Å². The molecule has 0 aliphatic rings. The Morgan fingerprint density at radius 3 is 2.32 bits per heavy atom. The first-order chi connectivity index (χ1) is 15.2. The maximum atomic E-state index is 12.8. The normalized spacial score (nSPS) is 10.9. The number of carbonyl (C=O) groups is 1. The lowest BCUT2D eigenvalue weighted by Gasteiger charge is -2.20. The van der Waals surface area contributed by atoms with Crippen molar-refractivity contribution in [3.63, 3.8) is 0 Å². The summed E-state index contributed by atoms with van der Waals surface area (Å²) >= 11 is 1.54. The monoisotopic (exact) mass is 429 g/mol. The lowest BCUT2D eigenvalue weighted by Crippen LogP contribution is -2.24. The number of aliphatic hydroxyl groups is 1. The van der Waals surface area contributed by atoms with Gasteiger partial charge in [-0.2, -0.15) is 5.26 Å². The first-order valence-corrected chi connectivity index (χ1v) is 10.7. The third-order valence-electron chi connectivity index (χ3n) is 4.40. The number of aliphatic hydroxyl groups excluding tert-OH is 1. The first kappa shape index (κ1) is 22.2. The van der Waals surface area contributed by atoms with Gasteiger partial charge in [0.15, 0.2) is 0 Å². The van der Waals surface area contributed by atoms with E-state index < -0.39 is 5.91 Å². The topological polar surface area (TPSA) is 76.4 Å². The summed E-state index contributed by atoms with van der Waals surface area (Å²) in [6.07, 6.45) is 1.51. The Morgan fingerprint density at radius 2 is 1.65 bits per heavy atom. The predicted octanol–water partition coefficient (Wildman–Crippen LogP) is 4.68. The molecule has 0 spiro atoms. The molecule has 0 bridgehead atoms. The van der Waals surface area contributed by atoms with Gasteiger partial charge in [0.25, 0.3) is 5.91 Å². The van der Waals surface area contributed by atoms with Crippen molar-refractivity contribution in [3.05, 3.63) is 102 Å². The molecule has 0 aromatic heterocycles. The summed E-state index contributed by atoms with van der Waals surface area (Å²) in [6, 6.07) is 29.0. The zero-order valence-corrected chi connectivity index (χ0v) is 17.8. The molecule has 0 fully saturated rings. The number of hydrogen-bond donors (Lipinski definition) is 2. The van der Waals surface area contributed by atoms with Gasteiger partial charge in [-0.15, -0.1) is 0 Å². The zero-order chi connectivity index (χ0) is 21.9. The molecule has 3 aromatic rings.